The summed E-state index contributed by atoms with van der Waals surface area (Å²) in [4.78, 5) is 0. The normalized spacial score (nSPS) is 13.2. The van der Waals surface area contributed by atoms with Gasteiger partial charge in [0, 0.05) is 22.9 Å². The number of halogens is 25. The second kappa shape index (κ2) is 40.9. The molecule has 0 aliphatic heterocycles. The summed E-state index contributed by atoms with van der Waals surface area (Å²) in [6.07, 6.45) is -2.57. The van der Waals surface area contributed by atoms with Crippen LogP contribution in [0.15, 0.2) is 108 Å². The minimum absolute atomic E-state index is 0.0429. The van der Waals surface area contributed by atoms with E-state index in [0.29, 0.717) is 0 Å². The summed E-state index contributed by atoms with van der Waals surface area (Å²) in [6, 6.07) is -3.91. The topological polar surface area (TPSA) is 0 Å². The van der Waals surface area contributed by atoms with Gasteiger partial charge in [-0.05, 0) is 61.1 Å². The Bertz CT molecular complexity index is 3060. The molecule has 0 N–H and O–H groups in total. The maximum Gasteiger partial charge on any atom is 0.416 e. The minimum Gasteiger partial charge on any atom is -0.194 e. The number of alkyl halides is 24. The van der Waals surface area contributed by atoms with Crippen LogP contribution >= 0.6 is 22.7 Å². The van der Waals surface area contributed by atoms with Gasteiger partial charge in [-0.1, -0.05) is 276 Å². The SMILES string of the molecule is CCCCCCCCCCCCCCCCC=Cc1csc([I+]c2cc(C=CCCCCCCCCCCCCCCCC)cs2)c1.FC(F)(F)c1cc([B-](c2cc(C(F)(F)F)cc(C(F)(F)F)c2)(c2cc(C(F)(F)F)cc(C(F)(F)F)c2)c2cc(C(F)(F)F)cc(C(F)(F)F)c2)cc(C(F)(F)F)c1. The molecule has 0 atom stereocenters. The van der Waals surface area contributed by atoms with Gasteiger partial charge in [0.15, 0.2) is 0 Å². The zero-order chi connectivity index (χ0) is 77.2. The molecular weight excluding hydrogens is 1570 g/mol. The zero-order valence-electron chi connectivity index (χ0n) is 57.6. The van der Waals surface area contributed by atoms with Gasteiger partial charge in [-0.2, -0.15) is 127 Å². The van der Waals surface area contributed by atoms with Crippen LogP contribution in [0.5, 0.6) is 0 Å². The van der Waals surface area contributed by atoms with Crippen molar-refractivity contribution in [2.45, 2.75) is 256 Å². The van der Waals surface area contributed by atoms with Crippen molar-refractivity contribution < 1.29 is 127 Å². The van der Waals surface area contributed by atoms with Crippen LogP contribution < -0.4 is 43.1 Å². The maximum absolute atomic E-state index is 14.2. The molecular formula is C76H86BF24IS2. The molecule has 0 saturated heterocycles. The molecule has 0 fully saturated rings. The highest BCUT2D eigenvalue weighted by molar-refractivity contribution is 7.20. The van der Waals surface area contributed by atoms with Gasteiger partial charge in [0.25, 0.3) is 0 Å². The average molecular weight is 1660 g/mol. The first-order valence-electron chi connectivity index (χ1n) is 35.1. The number of hydrogen-bond acceptors (Lipinski definition) is 2. The Morgan fingerprint density at radius 2 is 0.442 bits per heavy atom. The van der Waals surface area contributed by atoms with E-state index in [1.165, 1.54) is 204 Å². The monoisotopic (exact) mass is 1660 g/mol. The molecule has 0 saturated carbocycles. The standard InChI is InChI=1S/C44H74IS2.C32H12BF24/c1-3-5-7-9-11-13-15-17-19-21-23-25-27-29-31-33-35-41-37-43(46-39-41)45-44-38-42(40-47-44)36-34-32-30-28-26-24-22-20-18-16-14-12-10-8-6-4-2;34-25(35,36)13-1-14(26(37,38)39)6-21(5-13)33(22-7-15(27(40,41)42)2-16(8-22)28(43,44)45,23-9-17(29(46,47)48)3-18(10-23)30(49,50)51)24-11-19(31(52,53)54)4-20(12-24)32(55,56)57/h33-40H,3-32H2,1-2H3;1-12H/q+1;-1. The fourth-order valence-corrected chi connectivity index (χ4v) is 18.2. The van der Waals surface area contributed by atoms with E-state index < -0.39 is 195 Å². The van der Waals surface area contributed by atoms with E-state index in [9.17, 15) is 105 Å². The molecule has 0 nitrogen and oxygen atoms in total. The Hall–Kier alpha value is -5.13. The summed E-state index contributed by atoms with van der Waals surface area (Å²) < 4.78 is 344. The van der Waals surface area contributed by atoms with Crippen LogP contribution in [0.1, 0.15) is 262 Å². The molecule has 6 aromatic rings. The molecule has 0 unspecified atom stereocenters. The molecule has 0 spiro atoms. The third-order valence-electron chi connectivity index (χ3n) is 17.9. The zero-order valence-corrected chi connectivity index (χ0v) is 61.4. The van der Waals surface area contributed by atoms with Crippen molar-refractivity contribution in [2.24, 2.45) is 0 Å². The highest BCUT2D eigenvalue weighted by Crippen LogP contribution is 2.42. The fourth-order valence-electron chi connectivity index (χ4n) is 12.4. The van der Waals surface area contributed by atoms with Crippen LogP contribution in [0, 0.1) is 5.77 Å². The highest BCUT2D eigenvalue weighted by atomic mass is 127. The van der Waals surface area contributed by atoms with E-state index in [-0.39, 0.29) is 21.2 Å². The number of rotatable bonds is 38. The number of unbranched alkanes of at least 4 members (excludes halogenated alkanes) is 28. The number of benzene rings is 4. The van der Waals surface area contributed by atoms with Crippen molar-refractivity contribution in [2.75, 3.05) is 0 Å². The average Bonchev–Trinajstić information content (AvgIpc) is 0.783. The van der Waals surface area contributed by atoms with Crippen molar-refractivity contribution in [1.29, 1.82) is 0 Å². The van der Waals surface area contributed by atoms with Crippen molar-refractivity contribution in [3.05, 3.63) is 169 Å². The van der Waals surface area contributed by atoms with Gasteiger partial charge in [0.1, 0.15) is 6.15 Å². The summed E-state index contributed by atoms with van der Waals surface area (Å²) in [6.45, 7) is 4.61. The van der Waals surface area contributed by atoms with Crippen molar-refractivity contribution in [3.63, 3.8) is 0 Å². The largest absolute Gasteiger partial charge is 0.416 e. The van der Waals surface area contributed by atoms with Gasteiger partial charge >= 0.3 is 70.6 Å². The van der Waals surface area contributed by atoms with Crippen LogP contribution in [0.2, 0.25) is 0 Å². The van der Waals surface area contributed by atoms with Gasteiger partial charge in [0.05, 0.1) is 44.5 Å². The lowest BCUT2D eigenvalue weighted by Gasteiger charge is -2.46. The van der Waals surface area contributed by atoms with E-state index in [2.05, 4.69) is 61.0 Å². The van der Waals surface area contributed by atoms with Crippen LogP contribution in [0.25, 0.3) is 12.2 Å². The highest BCUT2D eigenvalue weighted by Gasteiger charge is 2.47. The Balaban J connectivity index is 0.000000381. The lowest BCUT2D eigenvalue weighted by Crippen LogP contribution is -3.61. The third-order valence-corrected chi connectivity index (χ3v) is 23.6. The molecule has 0 radical (unpaired) electrons. The Kier molecular flexibility index (Phi) is 35.2. The molecule has 2 heterocycles. The summed E-state index contributed by atoms with van der Waals surface area (Å²) in [5.74, 6) is 0. The summed E-state index contributed by atoms with van der Waals surface area (Å²) in [5, 5.41) is 4.73. The van der Waals surface area contributed by atoms with Crippen LogP contribution in [-0.2, 0) is 49.4 Å². The van der Waals surface area contributed by atoms with Gasteiger partial charge in [-0.15, -0.1) is 0 Å². The van der Waals surface area contributed by atoms with E-state index in [1.807, 2.05) is 22.7 Å². The smallest absolute Gasteiger partial charge is 0.194 e. The van der Waals surface area contributed by atoms with Crippen LogP contribution in [0.4, 0.5) is 105 Å². The van der Waals surface area contributed by atoms with Crippen molar-refractivity contribution >= 4 is 62.8 Å². The Morgan fingerprint density at radius 3 is 0.625 bits per heavy atom. The van der Waals surface area contributed by atoms with Gasteiger partial charge < -0.3 is 0 Å². The van der Waals surface area contributed by atoms with Gasteiger partial charge in [-0.3, -0.25) is 0 Å². The van der Waals surface area contributed by atoms with Gasteiger partial charge in [0.2, 0.25) is 5.77 Å². The lowest BCUT2D eigenvalue weighted by molar-refractivity contribution is -0.585. The second-order valence-electron chi connectivity index (χ2n) is 26.3. The number of allylic oxidation sites excluding steroid dienone is 2. The summed E-state index contributed by atoms with van der Waals surface area (Å²) in [7, 11) is 0. The van der Waals surface area contributed by atoms with Crippen LogP contribution in [0.3, 0.4) is 0 Å². The van der Waals surface area contributed by atoms with Crippen molar-refractivity contribution in [3.8, 4) is 0 Å². The van der Waals surface area contributed by atoms with E-state index in [1.54, 1.807) is 5.77 Å². The maximum atomic E-state index is 14.2. The van der Waals surface area contributed by atoms with Gasteiger partial charge in [-0.25, -0.2) is 0 Å². The second-order valence-corrected chi connectivity index (χ2v) is 32.4. The third kappa shape index (κ3) is 29.8. The molecule has 6 rings (SSSR count). The molecule has 104 heavy (non-hydrogen) atoms. The van der Waals surface area contributed by atoms with Crippen molar-refractivity contribution in [1.82, 2.24) is 0 Å². The number of hydrogen-bond donors (Lipinski definition) is 0. The molecule has 0 amide bonds. The predicted octanol–water partition coefficient (Wildman–Crippen LogP) is 24.9. The Morgan fingerprint density at radius 1 is 0.260 bits per heavy atom. The predicted molar refractivity (Wildman–Crippen MR) is 364 cm³/mol. The molecule has 28 heteroatoms. The summed E-state index contributed by atoms with van der Waals surface area (Å²) in [5.41, 5.74) is -27.4. The van der Waals surface area contributed by atoms with E-state index in [4.69, 9.17) is 0 Å². The molecule has 0 aliphatic rings. The van der Waals surface area contributed by atoms with E-state index in [0.717, 1.165) is 0 Å². The first-order valence-corrected chi connectivity index (χ1v) is 39.0. The minimum atomic E-state index is -6.13. The first-order chi connectivity index (χ1) is 48.6. The van der Waals surface area contributed by atoms with Crippen LogP contribution in [-0.4, -0.2) is 6.15 Å². The molecule has 0 bridgehead atoms. The fraction of sp³-hybridized carbons (Fsp3) is 0.526. The lowest BCUT2D eigenvalue weighted by atomic mass is 9.12. The quantitative estimate of drug-likeness (QED) is 0.0157. The van der Waals surface area contributed by atoms with E-state index >= 15 is 0 Å². The summed E-state index contributed by atoms with van der Waals surface area (Å²) >= 11 is 3.89. The first kappa shape index (κ1) is 89.5. The molecule has 2 aromatic heterocycles. The Labute approximate surface area is 611 Å². The molecule has 0 aliphatic carbocycles. The molecule has 4 aromatic carbocycles. The molecule has 580 valence electrons. The number of thiophene rings is 2.